The minimum absolute atomic E-state index is 0.0972. The summed E-state index contributed by atoms with van der Waals surface area (Å²) in [4.78, 5) is 10.8. The Kier molecular flexibility index (Phi) is 4.16. The Hall–Kier alpha value is -0.530. The number of carbonyl (C=O) groups excluding carboxylic acids is 1. The molecular weight excluding hydrogens is 138 g/mol. The third-order valence-electron chi connectivity index (χ3n) is 2.51. The zero-order valence-electron chi connectivity index (χ0n) is 7.81. The average molecular weight is 157 g/mol. The van der Waals surface area contributed by atoms with Crippen molar-refractivity contribution >= 4 is 5.91 Å². The third kappa shape index (κ3) is 1.95. The molecule has 0 atom stereocenters. The second kappa shape index (κ2) is 4.37. The van der Waals surface area contributed by atoms with Crippen molar-refractivity contribution < 1.29 is 4.79 Å². The first-order valence-corrected chi connectivity index (χ1v) is 4.51. The second-order valence-corrected chi connectivity index (χ2v) is 2.85. The molecule has 2 heteroatoms. The standard InChI is InChI=1S/C7H13NO.C2H6/c1-2-7(6(8)9)4-3-5-7;1-2/h2-5H2,1H3,(H2,8,9);1-2H3. The van der Waals surface area contributed by atoms with Crippen LogP contribution in [-0.4, -0.2) is 5.91 Å². The number of amides is 1. The second-order valence-electron chi connectivity index (χ2n) is 2.85. The number of rotatable bonds is 2. The van der Waals surface area contributed by atoms with Gasteiger partial charge in [0.05, 0.1) is 0 Å². The molecule has 0 saturated heterocycles. The Morgan fingerprint density at radius 1 is 1.45 bits per heavy atom. The zero-order valence-corrected chi connectivity index (χ0v) is 7.81. The van der Waals surface area contributed by atoms with E-state index in [9.17, 15) is 4.79 Å². The van der Waals surface area contributed by atoms with Crippen LogP contribution in [0.3, 0.4) is 0 Å². The van der Waals surface area contributed by atoms with Crippen molar-refractivity contribution in [2.24, 2.45) is 11.1 Å². The summed E-state index contributed by atoms with van der Waals surface area (Å²) >= 11 is 0. The summed E-state index contributed by atoms with van der Waals surface area (Å²) in [5.74, 6) is -0.101. The van der Waals surface area contributed by atoms with Gasteiger partial charge in [-0.3, -0.25) is 4.79 Å². The topological polar surface area (TPSA) is 43.1 Å². The van der Waals surface area contributed by atoms with Gasteiger partial charge in [-0.05, 0) is 19.3 Å². The highest BCUT2D eigenvalue weighted by atomic mass is 16.1. The fraction of sp³-hybridized carbons (Fsp3) is 0.889. The third-order valence-corrected chi connectivity index (χ3v) is 2.51. The van der Waals surface area contributed by atoms with Crippen molar-refractivity contribution in [3.8, 4) is 0 Å². The van der Waals surface area contributed by atoms with E-state index < -0.39 is 0 Å². The molecule has 0 bridgehead atoms. The van der Waals surface area contributed by atoms with Gasteiger partial charge in [0.1, 0.15) is 0 Å². The van der Waals surface area contributed by atoms with E-state index in [1.54, 1.807) is 0 Å². The molecule has 1 aliphatic carbocycles. The molecule has 1 amide bonds. The van der Waals surface area contributed by atoms with Crippen LogP contribution in [0.2, 0.25) is 0 Å². The Morgan fingerprint density at radius 3 is 1.91 bits per heavy atom. The van der Waals surface area contributed by atoms with Gasteiger partial charge in [0.25, 0.3) is 0 Å². The van der Waals surface area contributed by atoms with E-state index in [-0.39, 0.29) is 11.3 Å². The highest BCUT2D eigenvalue weighted by molar-refractivity contribution is 5.81. The highest BCUT2D eigenvalue weighted by Gasteiger charge is 2.40. The minimum Gasteiger partial charge on any atom is -0.369 e. The Bertz CT molecular complexity index is 122. The van der Waals surface area contributed by atoms with Crippen LogP contribution in [0.5, 0.6) is 0 Å². The van der Waals surface area contributed by atoms with Crippen LogP contribution >= 0.6 is 0 Å². The van der Waals surface area contributed by atoms with Crippen molar-refractivity contribution in [3.63, 3.8) is 0 Å². The molecule has 2 nitrogen and oxygen atoms in total. The van der Waals surface area contributed by atoms with E-state index in [1.165, 1.54) is 6.42 Å². The summed E-state index contributed by atoms with van der Waals surface area (Å²) in [5, 5.41) is 0. The fourth-order valence-electron chi connectivity index (χ4n) is 1.38. The number of nitrogens with two attached hydrogens (primary N) is 1. The van der Waals surface area contributed by atoms with E-state index >= 15 is 0 Å². The number of hydrogen-bond donors (Lipinski definition) is 1. The first kappa shape index (κ1) is 10.5. The van der Waals surface area contributed by atoms with Gasteiger partial charge in [-0.15, -0.1) is 0 Å². The average Bonchev–Trinajstić information content (AvgIpc) is 1.90. The largest absolute Gasteiger partial charge is 0.369 e. The van der Waals surface area contributed by atoms with Crippen molar-refractivity contribution in [1.29, 1.82) is 0 Å². The molecular formula is C9H19NO. The van der Waals surface area contributed by atoms with E-state index in [0.717, 1.165) is 19.3 Å². The van der Waals surface area contributed by atoms with Crippen LogP contribution in [-0.2, 0) is 4.79 Å². The molecule has 0 unspecified atom stereocenters. The summed E-state index contributed by atoms with van der Waals surface area (Å²) < 4.78 is 0. The molecule has 2 N–H and O–H groups in total. The number of primary amides is 1. The molecule has 1 saturated carbocycles. The van der Waals surface area contributed by atoms with Gasteiger partial charge in [0.2, 0.25) is 5.91 Å². The van der Waals surface area contributed by atoms with Gasteiger partial charge in [0, 0.05) is 5.41 Å². The van der Waals surface area contributed by atoms with Gasteiger partial charge >= 0.3 is 0 Å². The predicted molar refractivity (Wildman–Crippen MR) is 47.1 cm³/mol. The molecule has 1 aliphatic rings. The van der Waals surface area contributed by atoms with Gasteiger partial charge in [0.15, 0.2) is 0 Å². The van der Waals surface area contributed by atoms with Gasteiger partial charge in [-0.2, -0.15) is 0 Å². The molecule has 0 aromatic carbocycles. The van der Waals surface area contributed by atoms with Crippen molar-refractivity contribution in [1.82, 2.24) is 0 Å². The first-order chi connectivity index (χ1) is 5.21. The SMILES string of the molecule is CC.CCC1(C(N)=O)CCC1. The van der Waals surface area contributed by atoms with Crippen LogP contribution < -0.4 is 5.73 Å². The predicted octanol–water partition coefficient (Wildman–Crippen LogP) is 2.08. The molecule has 1 fully saturated rings. The first-order valence-electron chi connectivity index (χ1n) is 4.51. The van der Waals surface area contributed by atoms with E-state index in [1.807, 2.05) is 20.8 Å². The summed E-state index contributed by atoms with van der Waals surface area (Å²) in [6.45, 7) is 6.03. The molecule has 0 spiro atoms. The lowest BCUT2D eigenvalue weighted by atomic mass is 9.66. The maximum Gasteiger partial charge on any atom is 0.223 e. The van der Waals surface area contributed by atoms with Crippen molar-refractivity contribution in [2.75, 3.05) is 0 Å². The maximum atomic E-state index is 10.8. The number of hydrogen-bond acceptors (Lipinski definition) is 1. The lowest BCUT2D eigenvalue weighted by molar-refractivity contribution is -0.132. The Labute approximate surface area is 69.2 Å². The lowest BCUT2D eigenvalue weighted by Crippen LogP contribution is -2.42. The quantitative estimate of drug-likeness (QED) is 0.655. The highest BCUT2D eigenvalue weighted by Crippen LogP contribution is 2.43. The molecule has 11 heavy (non-hydrogen) atoms. The maximum absolute atomic E-state index is 10.8. The van der Waals surface area contributed by atoms with Crippen LogP contribution in [0.4, 0.5) is 0 Å². The van der Waals surface area contributed by atoms with Crippen molar-refractivity contribution in [3.05, 3.63) is 0 Å². The summed E-state index contributed by atoms with van der Waals surface area (Å²) in [5.41, 5.74) is 5.11. The van der Waals surface area contributed by atoms with Gasteiger partial charge in [-0.1, -0.05) is 27.2 Å². The van der Waals surface area contributed by atoms with Crippen LogP contribution in [0.1, 0.15) is 46.5 Å². The Balaban J connectivity index is 0.000000461. The van der Waals surface area contributed by atoms with Crippen LogP contribution in [0.25, 0.3) is 0 Å². The van der Waals surface area contributed by atoms with Gasteiger partial charge in [-0.25, -0.2) is 0 Å². The van der Waals surface area contributed by atoms with E-state index in [4.69, 9.17) is 5.73 Å². The van der Waals surface area contributed by atoms with Crippen LogP contribution in [0, 0.1) is 5.41 Å². The molecule has 0 aromatic heterocycles. The lowest BCUT2D eigenvalue weighted by Gasteiger charge is -2.37. The van der Waals surface area contributed by atoms with Crippen molar-refractivity contribution in [2.45, 2.75) is 46.5 Å². The minimum atomic E-state index is -0.101. The molecule has 0 aliphatic heterocycles. The van der Waals surface area contributed by atoms with E-state index in [2.05, 4.69) is 0 Å². The summed E-state index contributed by atoms with van der Waals surface area (Å²) in [7, 11) is 0. The molecule has 0 aromatic rings. The molecule has 1 rings (SSSR count). The Morgan fingerprint density at radius 2 is 1.91 bits per heavy atom. The smallest absolute Gasteiger partial charge is 0.223 e. The summed E-state index contributed by atoms with van der Waals surface area (Å²) in [6, 6.07) is 0. The number of carbonyl (C=O) groups is 1. The fourth-order valence-corrected chi connectivity index (χ4v) is 1.38. The monoisotopic (exact) mass is 157 g/mol. The molecule has 0 heterocycles. The van der Waals surface area contributed by atoms with Crippen LogP contribution in [0.15, 0.2) is 0 Å². The zero-order chi connectivity index (χ0) is 8.91. The van der Waals surface area contributed by atoms with Gasteiger partial charge < -0.3 is 5.73 Å². The summed E-state index contributed by atoms with van der Waals surface area (Å²) in [6.07, 6.45) is 4.12. The molecule has 0 radical (unpaired) electrons. The van der Waals surface area contributed by atoms with E-state index in [0.29, 0.717) is 0 Å². The normalized spacial score (nSPS) is 19.2. The molecule has 66 valence electrons.